The number of halogens is 1. The summed E-state index contributed by atoms with van der Waals surface area (Å²) in [4.78, 5) is 22.3. The Bertz CT molecular complexity index is 1110. The van der Waals surface area contributed by atoms with Crippen molar-refractivity contribution in [3.63, 3.8) is 0 Å². The van der Waals surface area contributed by atoms with Crippen LogP contribution in [0.25, 0.3) is 0 Å². The molecule has 1 heterocycles. The van der Waals surface area contributed by atoms with E-state index < -0.39 is 4.92 Å². The first-order chi connectivity index (χ1) is 14.9. The number of amides is 1. The Morgan fingerprint density at radius 1 is 1.16 bits per heavy atom. The third-order valence-electron chi connectivity index (χ3n) is 3.87. The third-order valence-corrected chi connectivity index (χ3v) is 7.48. The lowest BCUT2D eigenvalue weighted by molar-refractivity contribution is -0.384. The first kappa shape index (κ1) is 23.2. The Labute approximate surface area is 195 Å². The highest BCUT2D eigenvalue weighted by Gasteiger charge is 2.10. The summed E-state index contributed by atoms with van der Waals surface area (Å²) >= 11 is 10.4. The number of hydrogen-bond acceptors (Lipinski definition) is 9. The van der Waals surface area contributed by atoms with Crippen molar-refractivity contribution in [3.8, 4) is 0 Å². The Morgan fingerprint density at radius 2 is 1.84 bits per heavy atom. The van der Waals surface area contributed by atoms with Gasteiger partial charge in [0.15, 0.2) is 8.68 Å². The highest BCUT2D eigenvalue weighted by molar-refractivity contribution is 8.03. The van der Waals surface area contributed by atoms with E-state index in [4.69, 9.17) is 11.6 Å². The quantitative estimate of drug-likeness (QED) is 0.193. The number of nitrogens with one attached hydrogen (secondary N) is 1. The minimum absolute atomic E-state index is 0.00144. The monoisotopic (exact) mass is 493 g/mol. The summed E-state index contributed by atoms with van der Waals surface area (Å²) < 4.78 is 1.49. The van der Waals surface area contributed by atoms with Crippen molar-refractivity contribution in [2.45, 2.75) is 21.4 Å². The molecule has 31 heavy (non-hydrogen) atoms. The van der Waals surface area contributed by atoms with Gasteiger partial charge in [0.25, 0.3) is 11.6 Å². The van der Waals surface area contributed by atoms with Crippen molar-refractivity contribution in [3.05, 3.63) is 74.8 Å². The first-order valence-electron chi connectivity index (χ1n) is 8.83. The molecular weight excluding hydrogens is 478 g/mol. The summed E-state index contributed by atoms with van der Waals surface area (Å²) in [6, 6.07) is 13.6. The van der Waals surface area contributed by atoms with Crippen molar-refractivity contribution in [2.24, 2.45) is 5.10 Å². The molecule has 1 amide bonds. The smallest absolute Gasteiger partial charge is 0.269 e. The largest absolute Gasteiger partial charge is 0.272 e. The van der Waals surface area contributed by atoms with E-state index in [2.05, 4.69) is 20.7 Å². The number of carbonyl (C=O) groups excluding carboxylic acids is 1. The topological polar surface area (TPSA) is 110 Å². The fourth-order valence-electron chi connectivity index (χ4n) is 2.26. The molecule has 0 saturated carbocycles. The molecule has 3 rings (SSSR count). The zero-order chi connectivity index (χ0) is 22.2. The molecule has 0 radical (unpaired) electrons. The molecule has 0 saturated heterocycles. The van der Waals surface area contributed by atoms with E-state index in [0.29, 0.717) is 21.4 Å². The van der Waals surface area contributed by atoms with Gasteiger partial charge < -0.3 is 0 Å². The lowest BCUT2D eigenvalue weighted by atomic mass is 10.1. The van der Waals surface area contributed by atoms with Crippen LogP contribution in [-0.4, -0.2) is 32.5 Å². The van der Waals surface area contributed by atoms with Crippen LogP contribution >= 0.6 is 46.5 Å². The fourth-order valence-corrected chi connectivity index (χ4v) is 5.36. The molecule has 8 nitrogen and oxygen atoms in total. The number of carbonyl (C=O) groups is 1. The zero-order valence-electron chi connectivity index (χ0n) is 16.1. The Hall–Kier alpha value is -2.47. The molecule has 0 unspecified atom stereocenters. The van der Waals surface area contributed by atoms with Gasteiger partial charge >= 0.3 is 0 Å². The predicted molar refractivity (Wildman–Crippen MR) is 125 cm³/mol. The van der Waals surface area contributed by atoms with Crippen molar-refractivity contribution < 1.29 is 9.72 Å². The maximum absolute atomic E-state index is 12.1. The van der Waals surface area contributed by atoms with Crippen molar-refractivity contribution in [2.75, 3.05) is 5.75 Å². The summed E-state index contributed by atoms with van der Waals surface area (Å²) in [5, 5.41) is 23.7. The summed E-state index contributed by atoms with van der Waals surface area (Å²) in [6.07, 6.45) is 0. The van der Waals surface area contributed by atoms with E-state index in [-0.39, 0.29) is 17.3 Å². The van der Waals surface area contributed by atoms with Crippen LogP contribution in [0.1, 0.15) is 18.1 Å². The van der Waals surface area contributed by atoms with Crippen LogP contribution in [0.3, 0.4) is 0 Å². The number of non-ortho nitro benzene ring substituents is 1. The standard InChI is InChI=1S/C19H16ClN5O3S3/c1-12(13-6-8-15(9-7-13)25(27)28)21-22-17(26)11-30-19-24-23-18(31-19)29-10-14-4-2-3-5-16(14)20/h2-9H,10-11H2,1H3,(H,22,26)/b21-12+. The molecule has 12 heteroatoms. The average Bonchev–Trinajstić information content (AvgIpc) is 3.23. The molecule has 1 N–H and O–H groups in total. The molecular formula is C19H16ClN5O3S3. The van der Waals surface area contributed by atoms with Gasteiger partial charge in [-0.05, 0) is 36.2 Å². The van der Waals surface area contributed by atoms with Crippen LogP contribution in [0.5, 0.6) is 0 Å². The number of rotatable bonds is 9. The van der Waals surface area contributed by atoms with Crippen LogP contribution in [-0.2, 0) is 10.5 Å². The normalized spacial score (nSPS) is 11.4. The van der Waals surface area contributed by atoms with Gasteiger partial charge in [-0.15, -0.1) is 10.2 Å². The highest BCUT2D eigenvalue weighted by atomic mass is 35.5. The number of benzene rings is 2. The fraction of sp³-hybridized carbons (Fsp3) is 0.158. The van der Waals surface area contributed by atoms with Gasteiger partial charge in [0.1, 0.15) is 0 Å². The predicted octanol–water partition coefficient (Wildman–Crippen LogP) is 5.02. The maximum Gasteiger partial charge on any atom is 0.269 e. The summed E-state index contributed by atoms with van der Waals surface area (Å²) in [7, 11) is 0. The van der Waals surface area contributed by atoms with E-state index in [1.54, 1.807) is 19.1 Å². The molecule has 3 aromatic rings. The van der Waals surface area contributed by atoms with Crippen LogP contribution in [0.2, 0.25) is 5.02 Å². The highest BCUT2D eigenvalue weighted by Crippen LogP contribution is 2.32. The molecule has 0 fully saturated rings. The average molecular weight is 494 g/mol. The molecule has 1 aromatic heterocycles. The third kappa shape index (κ3) is 7.03. The van der Waals surface area contributed by atoms with E-state index in [0.717, 1.165) is 14.9 Å². The summed E-state index contributed by atoms with van der Waals surface area (Å²) in [5.41, 5.74) is 4.73. The SMILES string of the molecule is C/C(=N\NC(=O)CSc1nnc(SCc2ccccc2Cl)s1)c1ccc([N+](=O)[O-])cc1. The number of thioether (sulfide) groups is 2. The van der Waals surface area contributed by atoms with Gasteiger partial charge in [0, 0.05) is 22.9 Å². The molecule has 0 atom stereocenters. The van der Waals surface area contributed by atoms with E-state index in [1.165, 1.54) is 47.0 Å². The van der Waals surface area contributed by atoms with Crippen LogP contribution in [0.15, 0.2) is 62.3 Å². The molecule has 0 bridgehead atoms. The number of nitro groups is 1. The van der Waals surface area contributed by atoms with Crippen molar-refractivity contribution in [1.29, 1.82) is 0 Å². The Kier molecular flexibility index (Phi) is 8.41. The first-order valence-corrected chi connectivity index (χ1v) is 12.0. The van der Waals surface area contributed by atoms with Gasteiger partial charge in [0.2, 0.25) is 0 Å². The molecule has 0 aliphatic rings. The number of aromatic nitrogens is 2. The number of nitrogens with zero attached hydrogens (tertiary/aromatic N) is 4. The lowest BCUT2D eigenvalue weighted by Gasteiger charge is -2.02. The summed E-state index contributed by atoms with van der Waals surface area (Å²) in [6.45, 7) is 1.71. The van der Waals surface area contributed by atoms with E-state index in [1.807, 2.05) is 24.3 Å². The van der Waals surface area contributed by atoms with Gasteiger partial charge in [-0.25, -0.2) is 5.43 Å². The van der Waals surface area contributed by atoms with Crippen LogP contribution < -0.4 is 5.43 Å². The molecule has 2 aromatic carbocycles. The summed E-state index contributed by atoms with van der Waals surface area (Å²) in [5.74, 6) is 0.545. The maximum atomic E-state index is 12.1. The molecule has 0 spiro atoms. The Morgan fingerprint density at radius 3 is 2.52 bits per heavy atom. The zero-order valence-corrected chi connectivity index (χ0v) is 19.4. The van der Waals surface area contributed by atoms with Gasteiger partial charge in [-0.1, -0.05) is 64.7 Å². The minimum atomic E-state index is -0.469. The molecule has 0 aliphatic carbocycles. The van der Waals surface area contributed by atoms with Gasteiger partial charge in [-0.2, -0.15) is 5.10 Å². The molecule has 0 aliphatic heterocycles. The molecule has 160 valence electrons. The van der Waals surface area contributed by atoms with Crippen molar-refractivity contribution >= 4 is 63.8 Å². The van der Waals surface area contributed by atoms with E-state index in [9.17, 15) is 14.9 Å². The number of hydrazone groups is 1. The van der Waals surface area contributed by atoms with Crippen LogP contribution in [0, 0.1) is 10.1 Å². The minimum Gasteiger partial charge on any atom is -0.272 e. The van der Waals surface area contributed by atoms with E-state index >= 15 is 0 Å². The van der Waals surface area contributed by atoms with Gasteiger partial charge in [-0.3, -0.25) is 14.9 Å². The lowest BCUT2D eigenvalue weighted by Crippen LogP contribution is -2.21. The van der Waals surface area contributed by atoms with Crippen molar-refractivity contribution in [1.82, 2.24) is 15.6 Å². The van der Waals surface area contributed by atoms with Crippen LogP contribution in [0.4, 0.5) is 5.69 Å². The second kappa shape index (κ2) is 11.2. The van der Waals surface area contributed by atoms with Gasteiger partial charge in [0.05, 0.1) is 16.4 Å². The second-order valence-electron chi connectivity index (χ2n) is 6.04. The second-order valence-corrected chi connectivity index (χ2v) is 9.87. The Balaban J connectivity index is 1.45. The number of nitro benzene ring substituents is 1. The number of hydrogen-bond donors (Lipinski definition) is 1.